The van der Waals surface area contributed by atoms with Crippen LogP contribution in [0.2, 0.25) is 0 Å². The third kappa shape index (κ3) is 1.90. The van der Waals surface area contributed by atoms with E-state index < -0.39 is 12.0 Å². The highest BCUT2D eigenvalue weighted by atomic mass is 16.4. The molecule has 60 valence electrons. The first-order valence-corrected chi connectivity index (χ1v) is 3.69. The van der Waals surface area contributed by atoms with E-state index in [1.807, 2.05) is 13.0 Å². The number of aliphatic imine (C=N–C) groups is 1. The molecule has 0 aliphatic carbocycles. The van der Waals surface area contributed by atoms with Gasteiger partial charge in [-0.1, -0.05) is 13.0 Å². The Morgan fingerprint density at radius 3 is 3.18 bits per heavy atom. The summed E-state index contributed by atoms with van der Waals surface area (Å²) in [6.07, 6.45) is 5.16. The molecule has 0 spiro atoms. The fourth-order valence-corrected chi connectivity index (χ4v) is 1.06. The van der Waals surface area contributed by atoms with Gasteiger partial charge in [-0.25, -0.2) is 4.79 Å². The van der Waals surface area contributed by atoms with Gasteiger partial charge >= 0.3 is 5.97 Å². The number of nitrogens with zero attached hydrogens (tertiary/aromatic N) is 1. The molecule has 0 aromatic rings. The average molecular weight is 153 g/mol. The van der Waals surface area contributed by atoms with Gasteiger partial charge in [0.2, 0.25) is 0 Å². The van der Waals surface area contributed by atoms with Crippen molar-refractivity contribution in [2.45, 2.75) is 25.8 Å². The first-order chi connectivity index (χ1) is 5.24. The minimum atomic E-state index is -0.833. The number of hydrogen-bond acceptors (Lipinski definition) is 2. The van der Waals surface area contributed by atoms with Crippen LogP contribution < -0.4 is 0 Å². The number of carboxylic acid groups (broad SMARTS) is 1. The fraction of sp³-hybridized carbons (Fsp3) is 0.500. The molecular weight excluding hydrogens is 142 g/mol. The molecule has 0 saturated carbocycles. The quantitative estimate of drug-likeness (QED) is 0.649. The number of hydrogen-bond donors (Lipinski definition) is 1. The molecule has 1 atom stereocenters. The van der Waals surface area contributed by atoms with Gasteiger partial charge in [-0.3, -0.25) is 4.99 Å². The normalized spacial score (nSPS) is 26.3. The Morgan fingerprint density at radius 2 is 2.73 bits per heavy atom. The summed E-state index contributed by atoms with van der Waals surface area (Å²) in [4.78, 5) is 14.3. The highest BCUT2D eigenvalue weighted by Gasteiger charge is 2.20. The summed E-state index contributed by atoms with van der Waals surface area (Å²) < 4.78 is 0. The lowest BCUT2D eigenvalue weighted by molar-refractivity contribution is -0.138. The Hall–Kier alpha value is -1.12. The molecule has 0 aromatic heterocycles. The van der Waals surface area contributed by atoms with Gasteiger partial charge in [-0.05, 0) is 12.0 Å². The van der Waals surface area contributed by atoms with E-state index in [0.29, 0.717) is 6.42 Å². The van der Waals surface area contributed by atoms with E-state index in [0.717, 1.165) is 12.0 Å². The molecular formula is C8H11NO2. The second-order valence-corrected chi connectivity index (χ2v) is 2.52. The Morgan fingerprint density at radius 1 is 2.00 bits per heavy atom. The van der Waals surface area contributed by atoms with E-state index in [9.17, 15) is 4.79 Å². The molecule has 0 amide bonds. The monoisotopic (exact) mass is 153 g/mol. The fourth-order valence-electron chi connectivity index (χ4n) is 1.06. The van der Waals surface area contributed by atoms with Crippen LogP contribution in [-0.2, 0) is 4.79 Å². The molecule has 0 saturated heterocycles. The molecule has 1 heterocycles. The van der Waals surface area contributed by atoms with Gasteiger partial charge in [0.25, 0.3) is 0 Å². The Kier molecular flexibility index (Phi) is 2.41. The topological polar surface area (TPSA) is 49.7 Å². The lowest BCUT2D eigenvalue weighted by Gasteiger charge is -1.97. The van der Waals surface area contributed by atoms with E-state index in [2.05, 4.69) is 4.99 Å². The lowest BCUT2D eigenvalue weighted by Crippen LogP contribution is -2.14. The molecule has 1 rings (SSSR count). The van der Waals surface area contributed by atoms with E-state index in [-0.39, 0.29) is 0 Å². The van der Waals surface area contributed by atoms with Gasteiger partial charge in [0.05, 0.1) is 0 Å². The van der Waals surface area contributed by atoms with Crippen molar-refractivity contribution in [3.05, 3.63) is 11.6 Å². The zero-order valence-electron chi connectivity index (χ0n) is 6.45. The van der Waals surface area contributed by atoms with Crippen LogP contribution in [0, 0.1) is 0 Å². The van der Waals surface area contributed by atoms with Crippen LogP contribution in [0.5, 0.6) is 0 Å². The summed E-state index contributed by atoms with van der Waals surface area (Å²) in [7, 11) is 0. The van der Waals surface area contributed by atoms with E-state index in [1.165, 1.54) is 0 Å². The molecule has 1 aliphatic heterocycles. The zero-order valence-corrected chi connectivity index (χ0v) is 6.45. The minimum absolute atomic E-state index is 0.534. The molecule has 0 radical (unpaired) electrons. The van der Waals surface area contributed by atoms with Crippen molar-refractivity contribution in [3.8, 4) is 0 Å². The summed E-state index contributed by atoms with van der Waals surface area (Å²) in [5.74, 6) is -0.833. The molecule has 0 aromatic carbocycles. The van der Waals surface area contributed by atoms with Crippen molar-refractivity contribution in [2.24, 2.45) is 4.99 Å². The second kappa shape index (κ2) is 3.32. The summed E-state index contributed by atoms with van der Waals surface area (Å²) >= 11 is 0. The van der Waals surface area contributed by atoms with Crippen molar-refractivity contribution in [2.75, 3.05) is 0 Å². The minimum Gasteiger partial charge on any atom is -0.480 e. The predicted octanol–water partition coefficient (Wildman–Crippen LogP) is 1.25. The molecule has 0 fully saturated rings. The van der Waals surface area contributed by atoms with Gasteiger partial charge in [0.1, 0.15) is 0 Å². The summed E-state index contributed by atoms with van der Waals surface area (Å²) in [6, 6.07) is -0.534. The summed E-state index contributed by atoms with van der Waals surface area (Å²) in [6.45, 7) is 2.02. The Bertz CT molecular complexity index is 218. The van der Waals surface area contributed by atoms with Crippen LogP contribution in [0.25, 0.3) is 0 Å². The average Bonchev–Trinajstić information content (AvgIpc) is 2.37. The third-order valence-electron chi connectivity index (χ3n) is 1.60. The van der Waals surface area contributed by atoms with Crippen molar-refractivity contribution < 1.29 is 9.90 Å². The van der Waals surface area contributed by atoms with Crippen molar-refractivity contribution >= 4 is 12.2 Å². The number of rotatable bonds is 2. The second-order valence-electron chi connectivity index (χ2n) is 2.52. The van der Waals surface area contributed by atoms with Crippen molar-refractivity contribution in [3.63, 3.8) is 0 Å². The molecule has 11 heavy (non-hydrogen) atoms. The van der Waals surface area contributed by atoms with Gasteiger partial charge in [0.15, 0.2) is 6.04 Å². The number of allylic oxidation sites excluding steroid dienone is 1. The number of carbonyl (C=O) groups is 1. The molecule has 3 nitrogen and oxygen atoms in total. The molecule has 0 unspecified atom stereocenters. The summed E-state index contributed by atoms with van der Waals surface area (Å²) in [5.41, 5.74) is 1.04. The smallest absolute Gasteiger partial charge is 0.328 e. The molecule has 1 N–H and O–H groups in total. The van der Waals surface area contributed by atoms with Crippen LogP contribution in [0.3, 0.4) is 0 Å². The van der Waals surface area contributed by atoms with Crippen LogP contribution >= 0.6 is 0 Å². The van der Waals surface area contributed by atoms with Crippen LogP contribution in [0.15, 0.2) is 16.6 Å². The van der Waals surface area contributed by atoms with E-state index in [4.69, 9.17) is 5.11 Å². The first kappa shape index (κ1) is 7.98. The maximum absolute atomic E-state index is 10.4. The van der Waals surface area contributed by atoms with E-state index >= 15 is 0 Å². The van der Waals surface area contributed by atoms with Crippen LogP contribution in [0.4, 0.5) is 0 Å². The van der Waals surface area contributed by atoms with Gasteiger partial charge < -0.3 is 5.11 Å². The van der Waals surface area contributed by atoms with Gasteiger partial charge in [-0.15, -0.1) is 0 Å². The highest BCUT2D eigenvalue weighted by Crippen LogP contribution is 2.14. The van der Waals surface area contributed by atoms with Crippen LogP contribution in [0.1, 0.15) is 19.8 Å². The predicted molar refractivity (Wildman–Crippen MR) is 42.9 cm³/mol. The van der Waals surface area contributed by atoms with Gasteiger partial charge in [-0.2, -0.15) is 0 Å². The third-order valence-corrected chi connectivity index (χ3v) is 1.60. The highest BCUT2D eigenvalue weighted by molar-refractivity contribution is 5.88. The molecule has 3 heteroatoms. The lowest BCUT2D eigenvalue weighted by atomic mass is 10.1. The van der Waals surface area contributed by atoms with Gasteiger partial charge in [0, 0.05) is 12.6 Å². The summed E-state index contributed by atoms with van der Waals surface area (Å²) in [5, 5.41) is 8.56. The number of carboxylic acids is 1. The number of aliphatic carboxylic acids is 1. The van der Waals surface area contributed by atoms with Crippen LogP contribution in [-0.4, -0.2) is 23.3 Å². The SMILES string of the molecule is CCC=C1C=N[C@H](C(=O)O)C1. The Balaban J connectivity index is 2.56. The zero-order chi connectivity index (χ0) is 8.27. The molecule has 0 bridgehead atoms. The van der Waals surface area contributed by atoms with E-state index in [1.54, 1.807) is 6.21 Å². The van der Waals surface area contributed by atoms with Crippen molar-refractivity contribution in [1.82, 2.24) is 0 Å². The Labute approximate surface area is 65.4 Å². The first-order valence-electron chi connectivity index (χ1n) is 3.69. The largest absolute Gasteiger partial charge is 0.480 e. The maximum Gasteiger partial charge on any atom is 0.328 e. The standard InChI is InChI=1S/C8H11NO2/c1-2-3-6-4-7(8(10)11)9-5-6/h3,5,7H,2,4H2,1H3,(H,10,11)/t7-/m0/s1. The molecule has 1 aliphatic rings. The maximum atomic E-state index is 10.4. The van der Waals surface area contributed by atoms with Crippen molar-refractivity contribution in [1.29, 1.82) is 0 Å².